The van der Waals surface area contributed by atoms with Gasteiger partial charge in [-0.05, 0) is 31.4 Å². The van der Waals surface area contributed by atoms with Crippen molar-refractivity contribution in [2.75, 3.05) is 49.1 Å². The van der Waals surface area contributed by atoms with Crippen LogP contribution in [0, 0.1) is 6.92 Å². The molecule has 2 aromatic rings. The monoisotopic (exact) mass is 451 g/mol. The van der Waals surface area contributed by atoms with Crippen LogP contribution in [0.1, 0.15) is 62.5 Å². The molecule has 4 heterocycles. The standard InChI is InChI=1S/C25H37N7O/c1-19(2)24-28-20(3)16-23(29-24)31-12-14-32(15-13-31)25(33)27-18-21-8-9-22(26-17-21)30-10-6-4-5-7-11-30/h8-9,16-17,19H,4-7,10-15,18H2,1-3H3,(H,27,33). The van der Waals surface area contributed by atoms with Gasteiger partial charge in [0, 0.05) is 69.7 Å². The molecule has 0 spiro atoms. The first kappa shape index (κ1) is 23.3. The van der Waals surface area contributed by atoms with E-state index < -0.39 is 0 Å². The van der Waals surface area contributed by atoms with E-state index in [0.717, 1.165) is 54.9 Å². The predicted octanol–water partition coefficient (Wildman–Crippen LogP) is 3.72. The summed E-state index contributed by atoms with van der Waals surface area (Å²) in [6, 6.07) is 6.17. The van der Waals surface area contributed by atoms with Crippen molar-refractivity contribution in [3.8, 4) is 0 Å². The first-order chi connectivity index (χ1) is 16.0. The summed E-state index contributed by atoms with van der Waals surface area (Å²) in [5.41, 5.74) is 2.01. The van der Waals surface area contributed by atoms with E-state index >= 15 is 0 Å². The van der Waals surface area contributed by atoms with Crippen LogP contribution >= 0.6 is 0 Å². The molecule has 0 saturated carbocycles. The number of anilines is 2. The summed E-state index contributed by atoms with van der Waals surface area (Å²) in [5, 5.41) is 3.05. The predicted molar refractivity (Wildman–Crippen MR) is 132 cm³/mol. The lowest BCUT2D eigenvalue weighted by Crippen LogP contribution is -2.52. The molecule has 0 unspecified atom stereocenters. The highest BCUT2D eigenvalue weighted by Gasteiger charge is 2.22. The number of aromatic nitrogens is 3. The maximum absolute atomic E-state index is 12.7. The molecule has 2 aromatic heterocycles. The van der Waals surface area contributed by atoms with E-state index in [4.69, 9.17) is 4.98 Å². The van der Waals surface area contributed by atoms with Gasteiger partial charge in [0.1, 0.15) is 17.5 Å². The molecule has 1 N–H and O–H groups in total. The normalized spacial score (nSPS) is 17.3. The molecule has 33 heavy (non-hydrogen) atoms. The third-order valence-corrected chi connectivity index (χ3v) is 6.45. The van der Waals surface area contributed by atoms with Gasteiger partial charge >= 0.3 is 6.03 Å². The van der Waals surface area contributed by atoms with Crippen LogP contribution in [0.25, 0.3) is 0 Å². The second-order valence-corrected chi connectivity index (χ2v) is 9.44. The quantitative estimate of drug-likeness (QED) is 0.747. The van der Waals surface area contributed by atoms with Gasteiger partial charge in [-0.15, -0.1) is 0 Å². The van der Waals surface area contributed by atoms with Crippen molar-refractivity contribution in [2.45, 2.75) is 58.9 Å². The fourth-order valence-electron chi connectivity index (χ4n) is 4.43. The Morgan fingerprint density at radius 1 is 0.939 bits per heavy atom. The van der Waals surface area contributed by atoms with Gasteiger partial charge in [0.25, 0.3) is 0 Å². The fraction of sp³-hybridized carbons (Fsp3) is 0.600. The van der Waals surface area contributed by atoms with E-state index in [1.165, 1.54) is 25.7 Å². The van der Waals surface area contributed by atoms with E-state index in [0.29, 0.717) is 25.6 Å². The molecule has 8 nitrogen and oxygen atoms in total. The number of nitrogens with zero attached hydrogens (tertiary/aromatic N) is 6. The van der Waals surface area contributed by atoms with E-state index in [9.17, 15) is 4.79 Å². The van der Waals surface area contributed by atoms with Gasteiger partial charge in [0.2, 0.25) is 0 Å². The van der Waals surface area contributed by atoms with Crippen LogP contribution in [-0.2, 0) is 6.54 Å². The van der Waals surface area contributed by atoms with Crippen LogP contribution in [0.2, 0.25) is 0 Å². The Balaban J connectivity index is 1.26. The molecule has 0 atom stereocenters. The maximum Gasteiger partial charge on any atom is 0.317 e. The molecule has 0 aliphatic carbocycles. The molecule has 2 aliphatic heterocycles. The minimum Gasteiger partial charge on any atom is -0.357 e. The van der Waals surface area contributed by atoms with E-state index in [1.54, 1.807) is 0 Å². The lowest BCUT2D eigenvalue weighted by atomic mass is 10.2. The number of pyridine rings is 1. The molecule has 0 radical (unpaired) electrons. The lowest BCUT2D eigenvalue weighted by molar-refractivity contribution is 0.194. The van der Waals surface area contributed by atoms with Gasteiger partial charge in [-0.2, -0.15) is 0 Å². The van der Waals surface area contributed by atoms with Crippen LogP contribution in [0.3, 0.4) is 0 Å². The first-order valence-corrected chi connectivity index (χ1v) is 12.3. The molecule has 8 heteroatoms. The number of hydrogen-bond donors (Lipinski definition) is 1. The Morgan fingerprint density at radius 3 is 2.27 bits per heavy atom. The SMILES string of the molecule is Cc1cc(N2CCN(C(=O)NCc3ccc(N4CCCCCC4)nc3)CC2)nc(C(C)C)n1. The smallest absolute Gasteiger partial charge is 0.317 e. The number of aryl methyl sites for hydroxylation is 1. The zero-order valence-corrected chi connectivity index (χ0v) is 20.3. The van der Waals surface area contributed by atoms with Crippen LogP contribution in [0.4, 0.5) is 16.4 Å². The average Bonchev–Trinajstić information content (AvgIpc) is 3.12. The number of piperazine rings is 1. The third-order valence-electron chi connectivity index (χ3n) is 6.45. The Hall–Kier alpha value is -2.90. The molecule has 2 amide bonds. The molecular weight excluding hydrogens is 414 g/mol. The van der Waals surface area contributed by atoms with Gasteiger partial charge in [-0.3, -0.25) is 0 Å². The topological polar surface area (TPSA) is 77.5 Å². The molecule has 2 fully saturated rings. The second-order valence-electron chi connectivity index (χ2n) is 9.44. The second kappa shape index (κ2) is 10.8. The van der Waals surface area contributed by atoms with Gasteiger partial charge < -0.3 is 20.0 Å². The molecule has 4 rings (SSSR count). The molecule has 2 saturated heterocycles. The van der Waals surface area contributed by atoms with Crippen molar-refractivity contribution in [3.05, 3.63) is 41.5 Å². The zero-order valence-electron chi connectivity index (χ0n) is 20.3. The molecule has 0 bridgehead atoms. The van der Waals surface area contributed by atoms with Crippen LogP contribution in [0.15, 0.2) is 24.4 Å². The minimum absolute atomic E-state index is 0.0204. The molecular formula is C25H37N7O. The van der Waals surface area contributed by atoms with Crippen LogP contribution in [-0.4, -0.2) is 65.2 Å². The largest absolute Gasteiger partial charge is 0.357 e. The van der Waals surface area contributed by atoms with E-state index in [1.807, 2.05) is 24.1 Å². The van der Waals surface area contributed by atoms with Gasteiger partial charge in [-0.1, -0.05) is 32.8 Å². The number of amides is 2. The summed E-state index contributed by atoms with van der Waals surface area (Å²) in [7, 11) is 0. The zero-order chi connectivity index (χ0) is 23.2. The van der Waals surface area contributed by atoms with Crippen molar-refractivity contribution < 1.29 is 4.79 Å². The van der Waals surface area contributed by atoms with Crippen molar-refractivity contribution in [1.82, 2.24) is 25.2 Å². The Labute approximate surface area is 197 Å². The van der Waals surface area contributed by atoms with Gasteiger partial charge in [0.05, 0.1) is 0 Å². The third kappa shape index (κ3) is 6.12. The summed E-state index contributed by atoms with van der Waals surface area (Å²) in [6.45, 7) is 11.8. The van der Waals surface area contributed by atoms with Crippen LogP contribution < -0.4 is 15.1 Å². The van der Waals surface area contributed by atoms with Crippen molar-refractivity contribution in [1.29, 1.82) is 0 Å². The summed E-state index contributed by atoms with van der Waals surface area (Å²) in [5.74, 6) is 3.18. The number of carbonyl (C=O) groups is 1. The van der Waals surface area contributed by atoms with Crippen molar-refractivity contribution >= 4 is 17.7 Å². The summed E-state index contributed by atoms with van der Waals surface area (Å²) >= 11 is 0. The minimum atomic E-state index is -0.0204. The maximum atomic E-state index is 12.7. The summed E-state index contributed by atoms with van der Waals surface area (Å²) < 4.78 is 0. The number of nitrogens with one attached hydrogen (secondary N) is 1. The highest BCUT2D eigenvalue weighted by molar-refractivity contribution is 5.74. The van der Waals surface area contributed by atoms with Crippen molar-refractivity contribution in [2.24, 2.45) is 0 Å². The first-order valence-electron chi connectivity index (χ1n) is 12.3. The van der Waals surface area contributed by atoms with Gasteiger partial charge in [0.15, 0.2) is 0 Å². The van der Waals surface area contributed by atoms with Crippen molar-refractivity contribution in [3.63, 3.8) is 0 Å². The molecule has 178 valence electrons. The van der Waals surface area contributed by atoms with E-state index in [2.05, 4.69) is 51.1 Å². The highest BCUT2D eigenvalue weighted by atomic mass is 16.2. The summed E-state index contributed by atoms with van der Waals surface area (Å²) in [6.07, 6.45) is 6.99. The number of rotatable bonds is 5. The number of hydrogen-bond acceptors (Lipinski definition) is 6. The fourth-order valence-corrected chi connectivity index (χ4v) is 4.43. The Kier molecular flexibility index (Phi) is 7.62. The van der Waals surface area contributed by atoms with E-state index in [-0.39, 0.29) is 6.03 Å². The van der Waals surface area contributed by atoms with Crippen LogP contribution in [0.5, 0.6) is 0 Å². The summed E-state index contributed by atoms with van der Waals surface area (Å²) in [4.78, 5) is 33.1. The average molecular weight is 452 g/mol. The number of urea groups is 1. The molecule has 2 aliphatic rings. The molecule has 0 aromatic carbocycles. The van der Waals surface area contributed by atoms with Gasteiger partial charge in [-0.25, -0.2) is 19.7 Å². The highest BCUT2D eigenvalue weighted by Crippen LogP contribution is 2.19. The lowest BCUT2D eigenvalue weighted by Gasteiger charge is -2.35. The Morgan fingerprint density at radius 2 is 1.64 bits per heavy atom. The Bertz CT molecular complexity index is 915. The number of carbonyl (C=O) groups excluding carboxylic acids is 1.